The number of rotatable bonds is 1. The Morgan fingerprint density at radius 3 is 2.68 bits per heavy atom. The average molecular weight is 399 g/mol. The zero-order valence-electron chi connectivity index (χ0n) is 13.8. The van der Waals surface area contributed by atoms with Gasteiger partial charge in [-0.05, 0) is 43.7 Å². The summed E-state index contributed by atoms with van der Waals surface area (Å²) in [5.74, 6) is -0.0625. The lowest BCUT2D eigenvalue weighted by molar-refractivity contribution is -0.0284. The fourth-order valence-electron chi connectivity index (χ4n) is 3.22. The van der Waals surface area contributed by atoms with E-state index in [1.165, 1.54) is 6.07 Å². The number of hydrogen-bond donors (Lipinski definition) is 0. The standard InChI is InChI=1S/C20H15BrO4/c1-11-3-6-17-15(7-11)16(22)9-18(24-17)20(2)10-12-4-5-13(21)8-14(12)19(23)25-20/h3-9H,10H2,1-2H3/t20-/m1/s1. The number of halogens is 1. The number of hydrogen-bond acceptors (Lipinski definition) is 4. The summed E-state index contributed by atoms with van der Waals surface area (Å²) in [7, 11) is 0. The van der Waals surface area contributed by atoms with E-state index in [0.717, 1.165) is 15.6 Å². The maximum atomic E-state index is 12.5. The van der Waals surface area contributed by atoms with E-state index in [2.05, 4.69) is 15.9 Å². The Hall–Kier alpha value is -2.40. The van der Waals surface area contributed by atoms with Crippen molar-refractivity contribution in [3.05, 3.63) is 79.6 Å². The molecule has 2 aromatic carbocycles. The summed E-state index contributed by atoms with van der Waals surface area (Å²) in [6.07, 6.45) is 0.446. The molecule has 0 saturated carbocycles. The molecule has 0 unspecified atom stereocenters. The van der Waals surface area contributed by atoms with Gasteiger partial charge < -0.3 is 9.15 Å². The van der Waals surface area contributed by atoms with E-state index in [9.17, 15) is 9.59 Å². The number of ether oxygens (including phenoxy) is 1. The minimum absolute atomic E-state index is 0.140. The summed E-state index contributed by atoms with van der Waals surface area (Å²) in [6, 6.07) is 12.4. The molecule has 126 valence electrons. The molecule has 1 atom stereocenters. The van der Waals surface area contributed by atoms with E-state index in [4.69, 9.17) is 9.15 Å². The highest BCUT2D eigenvalue weighted by molar-refractivity contribution is 9.10. The molecule has 5 heteroatoms. The van der Waals surface area contributed by atoms with Crippen LogP contribution in [0.15, 0.2) is 56.1 Å². The fourth-order valence-corrected chi connectivity index (χ4v) is 3.58. The summed E-state index contributed by atoms with van der Waals surface area (Å²) in [4.78, 5) is 25.0. The van der Waals surface area contributed by atoms with E-state index >= 15 is 0 Å². The second-order valence-electron chi connectivity index (χ2n) is 6.57. The van der Waals surface area contributed by atoms with Gasteiger partial charge in [0.2, 0.25) is 0 Å². The van der Waals surface area contributed by atoms with Crippen LogP contribution in [0.1, 0.15) is 34.2 Å². The first kappa shape index (κ1) is 16.1. The van der Waals surface area contributed by atoms with Gasteiger partial charge in [0.1, 0.15) is 5.58 Å². The van der Waals surface area contributed by atoms with Crippen molar-refractivity contribution >= 4 is 32.9 Å². The summed E-state index contributed by atoms with van der Waals surface area (Å²) in [6.45, 7) is 3.69. The second kappa shape index (κ2) is 5.56. The minimum Gasteiger partial charge on any atom is -0.457 e. The lowest BCUT2D eigenvalue weighted by Gasteiger charge is -2.33. The third kappa shape index (κ3) is 2.68. The van der Waals surface area contributed by atoms with Gasteiger partial charge in [0.05, 0.1) is 10.9 Å². The summed E-state index contributed by atoms with van der Waals surface area (Å²) in [5.41, 5.74) is 1.73. The van der Waals surface area contributed by atoms with E-state index in [1.807, 2.05) is 25.1 Å². The van der Waals surface area contributed by atoms with Gasteiger partial charge >= 0.3 is 5.97 Å². The van der Waals surface area contributed by atoms with E-state index in [0.29, 0.717) is 28.7 Å². The van der Waals surface area contributed by atoms with Crippen molar-refractivity contribution in [1.29, 1.82) is 0 Å². The lowest BCUT2D eigenvalue weighted by Crippen LogP contribution is -2.37. The van der Waals surface area contributed by atoms with Crippen LogP contribution < -0.4 is 5.43 Å². The first-order valence-corrected chi connectivity index (χ1v) is 8.72. The number of benzene rings is 2. The zero-order chi connectivity index (χ0) is 17.8. The maximum absolute atomic E-state index is 12.5. The highest BCUT2D eigenvalue weighted by Gasteiger charge is 2.40. The normalized spacial score (nSPS) is 19.6. The van der Waals surface area contributed by atoms with Crippen LogP contribution in [-0.4, -0.2) is 5.97 Å². The molecule has 2 heterocycles. The van der Waals surface area contributed by atoms with Gasteiger partial charge in [-0.3, -0.25) is 4.79 Å². The third-order valence-electron chi connectivity index (χ3n) is 4.54. The molecule has 0 bridgehead atoms. The van der Waals surface area contributed by atoms with Gasteiger partial charge in [0.25, 0.3) is 0 Å². The minimum atomic E-state index is -1.02. The number of esters is 1. The van der Waals surface area contributed by atoms with Crippen LogP contribution in [0.3, 0.4) is 0 Å². The van der Waals surface area contributed by atoms with Crippen molar-refractivity contribution in [2.45, 2.75) is 25.9 Å². The Balaban J connectivity index is 1.85. The molecule has 25 heavy (non-hydrogen) atoms. The number of carbonyl (C=O) groups excluding carboxylic acids is 1. The summed E-state index contributed by atoms with van der Waals surface area (Å²) >= 11 is 3.37. The molecule has 0 aliphatic carbocycles. The largest absolute Gasteiger partial charge is 0.457 e. The molecule has 0 radical (unpaired) electrons. The molecule has 0 amide bonds. The molecule has 1 aromatic heterocycles. The Labute approximate surface area is 152 Å². The molecular formula is C20H15BrO4. The van der Waals surface area contributed by atoms with Crippen molar-refractivity contribution in [2.24, 2.45) is 0 Å². The molecule has 0 fully saturated rings. The van der Waals surface area contributed by atoms with Crippen LogP contribution in [0, 0.1) is 6.92 Å². The fraction of sp³-hybridized carbons (Fsp3) is 0.200. The highest BCUT2D eigenvalue weighted by atomic mass is 79.9. The van der Waals surface area contributed by atoms with E-state index in [1.54, 1.807) is 25.1 Å². The van der Waals surface area contributed by atoms with Gasteiger partial charge in [-0.25, -0.2) is 4.79 Å². The average Bonchev–Trinajstić information content (AvgIpc) is 2.56. The van der Waals surface area contributed by atoms with Gasteiger partial charge in [-0.2, -0.15) is 0 Å². The van der Waals surface area contributed by atoms with Gasteiger partial charge in [0.15, 0.2) is 16.8 Å². The monoisotopic (exact) mass is 398 g/mol. The zero-order valence-corrected chi connectivity index (χ0v) is 15.3. The van der Waals surface area contributed by atoms with Gasteiger partial charge in [-0.15, -0.1) is 0 Å². The Morgan fingerprint density at radius 1 is 1.08 bits per heavy atom. The Kier molecular flexibility index (Phi) is 3.58. The molecule has 0 saturated heterocycles. The second-order valence-corrected chi connectivity index (χ2v) is 7.49. The van der Waals surface area contributed by atoms with Crippen LogP contribution in [0.5, 0.6) is 0 Å². The van der Waals surface area contributed by atoms with Crippen molar-refractivity contribution in [1.82, 2.24) is 0 Å². The first-order chi connectivity index (χ1) is 11.9. The topological polar surface area (TPSA) is 56.5 Å². The molecule has 4 rings (SSSR count). The van der Waals surface area contributed by atoms with Crippen LogP contribution in [0.4, 0.5) is 0 Å². The predicted molar refractivity (Wildman–Crippen MR) is 97.8 cm³/mol. The van der Waals surface area contributed by atoms with Crippen molar-refractivity contribution in [2.75, 3.05) is 0 Å². The van der Waals surface area contributed by atoms with Crippen LogP contribution in [0.2, 0.25) is 0 Å². The lowest BCUT2D eigenvalue weighted by atomic mass is 9.88. The number of cyclic esters (lactones) is 1. The van der Waals surface area contributed by atoms with Crippen molar-refractivity contribution < 1.29 is 13.9 Å². The van der Waals surface area contributed by atoms with E-state index in [-0.39, 0.29) is 5.43 Å². The molecule has 1 aliphatic heterocycles. The van der Waals surface area contributed by atoms with Crippen LogP contribution in [0.25, 0.3) is 11.0 Å². The molecule has 0 spiro atoms. The SMILES string of the molecule is Cc1ccc2oc([C@@]3(C)Cc4ccc(Br)cc4C(=O)O3)cc(=O)c2c1. The van der Waals surface area contributed by atoms with Gasteiger partial charge in [-0.1, -0.05) is 33.6 Å². The summed E-state index contributed by atoms with van der Waals surface area (Å²) in [5, 5.41) is 0.527. The molecule has 0 N–H and O–H groups in total. The number of fused-ring (bicyclic) bond motifs is 2. The van der Waals surface area contributed by atoms with Crippen LogP contribution >= 0.6 is 15.9 Å². The first-order valence-electron chi connectivity index (χ1n) is 7.92. The maximum Gasteiger partial charge on any atom is 0.339 e. The molecule has 1 aliphatic rings. The smallest absolute Gasteiger partial charge is 0.339 e. The van der Waals surface area contributed by atoms with Crippen molar-refractivity contribution in [3.8, 4) is 0 Å². The quantitative estimate of drug-likeness (QED) is 0.566. The molecule has 3 aromatic rings. The predicted octanol–water partition coefficient (Wildman–Crippen LogP) is 4.49. The number of carbonyl (C=O) groups is 1. The molecular weight excluding hydrogens is 384 g/mol. The van der Waals surface area contributed by atoms with E-state index < -0.39 is 11.6 Å². The highest BCUT2D eigenvalue weighted by Crippen LogP contribution is 2.37. The molecule has 4 nitrogen and oxygen atoms in total. The Bertz CT molecular complexity index is 1080. The number of aryl methyl sites for hydroxylation is 1. The van der Waals surface area contributed by atoms with Crippen molar-refractivity contribution in [3.63, 3.8) is 0 Å². The van der Waals surface area contributed by atoms with Crippen LogP contribution in [-0.2, 0) is 16.8 Å². The summed E-state index contributed by atoms with van der Waals surface area (Å²) < 4.78 is 12.4. The Morgan fingerprint density at radius 2 is 1.88 bits per heavy atom. The van der Waals surface area contributed by atoms with Gasteiger partial charge in [0, 0.05) is 17.0 Å². The third-order valence-corrected chi connectivity index (χ3v) is 5.03.